The molecule has 0 bridgehead atoms. The maximum Gasteiger partial charge on any atom is 0.416 e. The maximum absolute atomic E-state index is 12.6. The molecule has 0 saturated carbocycles. The van der Waals surface area contributed by atoms with Crippen LogP contribution in [0, 0.1) is 0 Å². The number of alkyl halides is 6. The third-order valence-corrected chi connectivity index (χ3v) is 2.56. The van der Waals surface area contributed by atoms with Crippen molar-refractivity contribution < 1.29 is 41.4 Å². The van der Waals surface area contributed by atoms with Gasteiger partial charge in [-0.2, -0.15) is 26.3 Å². The molecule has 1 aromatic rings. The van der Waals surface area contributed by atoms with Gasteiger partial charge in [-0.25, -0.2) is 0 Å². The van der Waals surface area contributed by atoms with Gasteiger partial charge in [-0.1, -0.05) is 0 Å². The molecule has 0 aromatic heterocycles. The minimum absolute atomic E-state index is 0.0979. The normalized spacial score (nSPS) is 13.8. The molecule has 0 radical (unpaired) electrons. The van der Waals surface area contributed by atoms with Crippen LogP contribution in [-0.2, 0) is 12.4 Å². The highest BCUT2D eigenvalue weighted by Gasteiger charge is 2.37. The highest BCUT2D eigenvalue weighted by atomic mass is 19.4. The number of carbonyl (C=O) groups excluding carboxylic acids is 1. The van der Waals surface area contributed by atoms with Crippen LogP contribution in [0.5, 0.6) is 0 Å². The number of hydrogen-bond donors (Lipinski definition) is 3. The van der Waals surface area contributed by atoms with Crippen molar-refractivity contribution in [1.82, 2.24) is 5.32 Å². The molecule has 1 amide bonds. The molecule has 0 spiro atoms. The topological polar surface area (TPSA) is 69.6 Å². The summed E-state index contributed by atoms with van der Waals surface area (Å²) < 4.78 is 75.6. The van der Waals surface area contributed by atoms with Gasteiger partial charge >= 0.3 is 12.4 Å². The minimum atomic E-state index is -5.05. The Kier molecular flexibility index (Phi) is 5.41. The minimum Gasteiger partial charge on any atom is -0.394 e. The summed E-state index contributed by atoms with van der Waals surface area (Å²) in [6.45, 7) is -1.25. The number of rotatable bonds is 4. The fraction of sp³-hybridized carbons (Fsp3) is 0.417. The van der Waals surface area contributed by atoms with E-state index >= 15 is 0 Å². The van der Waals surface area contributed by atoms with Gasteiger partial charge < -0.3 is 15.5 Å². The second-order valence-corrected chi connectivity index (χ2v) is 4.34. The molecule has 0 fully saturated rings. The first kappa shape index (κ1) is 18.2. The molecule has 4 nitrogen and oxygen atoms in total. The molecule has 0 unspecified atom stereocenters. The molecule has 0 aliphatic heterocycles. The Morgan fingerprint density at radius 3 is 1.86 bits per heavy atom. The lowest BCUT2D eigenvalue weighted by molar-refractivity contribution is -0.143. The predicted octanol–water partition coefficient (Wildman–Crippen LogP) is 1.81. The molecule has 1 atom stereocenters. The van der Waals surface area contributed by atoms with Gasteiger partial charge in [0.15, 0.2) is 0 Å². The highest BCUT2D eigenvalue weighted by Crippen LogP contribution is 2.36. The Bertz CT molecular complexity index is 508. The van der Waals surface area contributed by atoms with Crippen LogP contribution in [0.15, 0.2) is 18.2 Å². The number of amides is 1. The Labute approximate surface area is 120 Å². The summed E-state index contributed by atoms with van der Waals surface area (Å²) in [6, 6.07) is 0.450. The summed E-state index contributed by atoms with van der Waals surface area (Å²) in [6.07, 6.45) is -11.5. The van der Waals surface area contributed by atoms with Crippen molar-refractivity contribution in [2.45, 2.75) is 18.5 Å². The van der Waals surface area contributed by atoms with Gasteiger partial charge in [-0.05, 0) is 18.2 Å². The first-order valence-electron chi connectivity index (χ1n) is 5.81. The largest absolute Gasteiger partial charge is 0.416 e. The second-order valence-electron chi connectivity index (χ2n) is 4.34. The van der Waals surface area contributed by atoms with E-state index < -0.39 is 54.2 Å². The summed E-state index contributed by atoms with van der Waals surface area (Å²) >= 11 is 0. The Balaban J connectivity index is 3.16. The van der Waals surface area contributed by atoms with Gasteiger partial charge in [-0.15, -0.1) is 0 Å². The van der Waals surface area contributed by atoms with Gasteiger partial charge in [-0.3, -0.25) is 4.79 Å². The van der Waals surface area contributed by atoms with Crippen LogP contribution in [0.3, 0.4) is 0 Å². The van der Waals surface area contributed by atoms with Crippen LogP contribution >= 0.6 is 0 Å². The standard InChI is InChI=1S/C12H11F6NO3/c13-11(14,15)7-1-6(2-8(3-7)12(16,17)18)10(22)19-4-9(21)5-20/h1-3,9,20-21H,4-5H2,(H,19,22)/t9-/m1/s1. The molecule has 1 aromatic carbocycles. The first-order valence-corrected chi connectivity index (χ1v) is 5.81. The van der Waals surface area contributed by atoms with Crippen LogP contribution in [0.4, 0.5) is 26.3 Å². The van der Waals surface area contributed by atoms with Crippen molar-refractivity contribution in [2.24, 2.45) is 0 Å². The van der Waals surface area contributed by atoms with E-state index in [-0.39, 0.29) is 18.2 Å². The van der Waals surface area contributed by atoms with E-state index in [0.717, 1.165) is 0 Å². The van der Waals surface area contributed by atoms with E-state index in [1.54, 1.807) is 0 Å². The van der Waals surface area contributed by atoms with Crippen molar-refractivity contribution in [1.29, 1.82) is 0 Å². The number of hydrogen-bond acceptors (Lipinski definition) is 3. The zero-order valence-corrected chi connectivity index (χ0v) is 10.8. The van der Waals surface area contributed by atoms with Crippen LogP contribution in [0.2, 0.25) is 0 Å². The van der Waals surface area contributed by atoms with E-state index in [4.69, 9.17) is 10.2 Å². The fourth-order valence-corrected chi connectivity index (χ4v) is 1.46. The zero-order chi connectivity index (χ0) is 17.1. The van der Waals surface area contributed by atoms with Gasteiger partial charge in [0.2, 0.25) is 0 Å². The molecular formula is C12H11F6NO3. The van der Waals surface area contributed by atoms with Gasteiger partial charge in [0.05, 0.1) is 23.8 Å². The van der Waals surface area contributed by atoms with Gasteiger partial charge in [0.1, 0.15) is 0 Å². The van der Waals surface area contributed by atoms with Crippen LogP contribution in [0.25, 0.3) is 0 Å². The van der Waals surface area contributed by atoms with Crippen LogP contribution in [0.1, 0.15) is 21.5 Å². The van der Waals surface area contributed by atoms with Crippen LogP contribution < -0.4 is 5.32 Å². The molecule has 0 aliphatic rings. The number of nitrogens with one attached hydrogen (secondary N) is 1. The Morgan fingerprint density at radius 2 is 1.50 bits per heavy atom. The molecule has 3 N–H and O–H groups in total. The molecule has 10 heteroatoms. The third-order valence-electron chi connectivity index (χ3n) is 2.56. The number of carbonyl (C=O) groups is 1. The third kappa shape index (κ3) is 4.88. The molecule has 0 heterocycles. The quantitative estimate of drug-likeness (QED) is 0.737. The maximum atomic E-state index is 12.6. The summed E-state index contributed by atoms with van der Waals surface area (Å²) in [4.78, 5) is 11.6. The summed E-state index contributed by atoms with van der Waals surface area (Å²) in [5.74, 6) is -1.23. The smallest absolute Gasteiger partial charge is 0.394 e. The Hall–Kier alpha value is -1.81. The second kappa shape index (κ2) is 6.53. The van der Waals surface area contributed by atoms with Crippen molar-refractivity contribution >= 4 is 5.91 Å². The SMILES string of the molecule is O=C(NC[C@@H](O)CO)c1cc(C(F)(F)F)cc(C(F)(F)F)c1. The Morgan fingerprint density at radius 1 is 1.05 bits per heavy atom. The first-order chi connectivity index (χ1) is 9.95. The highest BCUT2D eigenvalue weighted by molar-refractivity contribution is 5.94. The van der Waals surface area contributed by atoms with Crippen molar-refractivity contribution in [3.63, 3.8) is 0 Å². The average molecular weight is 331 g/mol. The van der Waals surface area contributed by atoms with Gasteiger partial charge in [0, 0.05) is 12.1 Å². The summed E-state index contributed by atoms with van der Waals surface area (Å²) in [5.41, 5.74) is -4.09. The van der Waals surface area contributed by atoms with E-state index in [1.807, 2.05) is 5.32 Å². The average Bonchev–Trinajstić information content (AvgIpc) is 2.41. The van der Waals surface area contributed by atoms with Crippen LogP contribution in [-0.4, -0.2) is 35.4 Å². The van der Waals surface area contributed by atoms with Crippen molar-refractivity contribution in [3.05, 3.63) is 34.9 Å². The van der Waals surface area contributed by atoms with E-state index in [0.29, 0.717) is 0 Å². The molecule has 0 aliphatic carbocycles. The zero-order valence-electron chi connectivity index (χ0n) is 10.8. The van der Waals surface area contributed by atoms with Crippen molar-refractivity contribution in [3.8, 4) is 0 Å². The molecule has 124 valence electrons. The lowest BCUT2D eigenvalue weighted by Gasteiger charge is -2.14. The monoisotopic (exact) mass is 331 g/mol. The summed E-state index contributed by atoms with van der Waals surface area (Å²) in [7, 11) is 0. The number of halogens is 6. The number of benzene rings is 1. The predicted molar refractivity (Wildman–Crippen MR) is 61.9 cm³/mol. The van der Waals surface area contributed by atoms with Gasteiger partial charge in [0.25, 0.3) is 5.91 Å². The fourth-order valence-electron chi connectivity index (χ4n) is 1.46. The molecular weight excluding hydrogens is 320 g/mol. The van der Waals surface area contributed by atoms with E-state index in [2.05, 4.69) is 0 Å². The summed E-state index contributed by atoms with van der Waals surface area (Å²) in [5, 5.41) is 19.4. The number of aliphatic hydroxyl groups is 2. The molecule has 1 rings (SSSR count). The van der Waals surface area contributed by atoms with Crippen molar-refractivity contribution in [2.75, 3.05) is 13.2 Å². The molecule has 22 heavy (non-hydrogen) atoms. The van der Waals surface area contributed by atoms with E-state index in [1.165, 1.54) is 0 Å². The lowest BCUT2D eigenvalue weighted by Crippen LogP contribution is -2.34. The number of aliphatic hydroxyl groups excluding tert-OH is 2. The van der Waals surface area contributed by atoms with E-state index in [9.17, 15) is 31.1 Å². The molecule has 0 saturated heterocycles. The lowest BCUT2D eigenvalue weighted by atomic mass is 10.0.